The van der Waals surface area contributed by atoms with Crippen molar-refractivity contribution in [3.05, 3.63) is 42.5 Å². The van der Waals surface area contributed by atoms with Crippen molar-refractivity contribution in [1.29, 1.82) is 0 Å². The van der Waals surface area contributed by atoms with Crippen molar-refractivity contribution in [3.63, 3.8) is 0 Å². The summed E-state index contributed by atoms with van der Waals surface area (Å²) < 4.78 is 6.49. The van der Waals surface area contributed by atoms with Gasteiger partial charge in [-0.3, -0.25) is 19.3 Å². The summed E-state index contributed by atoms with van der Waals surface area (Å²) in [7, 11) is 0. The zero-order valence-corrected chi connectivity index (χ0v) is 17.3. The first-order valence-corrected chi connectivity index (χ1v) is 10.3. The van der Waals surface area contributed by atoms with Crippen molar-refractivity contribution in [2.24, 2.45) is 0 Å². The fourth-order valence-electron chi connectivity index (χ4n) is 3.13. The Morgan fingerprint density at radius 1 is 1.17 bits per heavy atom. The molecule has 0 aliphatic carbocycles. The highest BCUT2D eigenvalue weighted by atomic mass is 32.1. The Bertz CT molecular complexity index is 1140. The number of carbonyl (C=O) groups excluding carboxylic acids is 3. The van der Waals surface area contributed by atoms with Gasteiger partial charge in [-0.25, -0.2) is 4.98 Å². The van der Waals surface area contributed by atoms with Crippen molar-refractivity contribution < 1.29 is 19.1 Å². The van der Waals surface area contributed by atoms with E-state index in [0.717, 1.165) is 4.70 Å². The Kier molecular flexibility index (Phi) is 5.37. The largest absolute Gasteiger partial charge is 0.479 e. The van der Waals surface area contributed by atoms with Crippen LogP contribution in [0.3, 0.4) is 0 Å². The molecule has 30 heavy (non-hydrogen) atoms. The molecule has 0 bridgehead atoms. The number of nitrogens with one attached hydrogen (secondary N) is 2. The van der Waals surface area contributed by atoms with Gasteiger partial charge in [-0.15, -0.1) is 0 Å². The molecule has 2 heterocycles. The zero-order valence-electron chi connectivity index (χ0n) is 16.5. The Morgan fingerprint density at radius 2 is 1.97 bits per heavy atom. The first-order chi connectivity index (χ1) is 14.4. The number of nitrogens with zero attached hydrogens (tertiary/aromatic N) is 2. The quantitative estimate of drug-likeness (QED) is 0.654. The SMILES string of the molecule is CCC(=O)Nc1nc2cc(NC(=O)CN3C(=O)C(C)Oc4ccccc43)ccc2s1. The van der Waals surface area contributed by atoms with Crippen LogP contribution < -0.4 is 20.3 Å². The predicted octanol–water partition coefficient (Wildman–Crippen LogP) is 3.40. The third-order valence-corrected chi connectivity index (χ3v) is 5.57. The van der Waals surface area contributed by atoms with E-state index in [2.05, 4.69) is 15.6 Å². The van der Waals surface area contributed by atoms with Gasteiger partial charge in [-0.1, -0.05) is 30.4 Å². The molecule has 9 heteroatoms. The molecule has 0 saturated carbocycles. The summed E-state index contributed by atoms with van der Waals surface area (Å²) in [6.07, 6.45) is -0.282. The Balaban J connectivity index is 1.49. The van der Waals surface area contributed by atoms with Crippen LogP contribution in [0.15, 0.2) is 42.5 Å². The Morgan fingerprint density at radius 3 is 2.77 bits per heavy atom. The second-order valence-corrected chi connectivity index (χ2v) is 7.83. The minimum Gasteiger partial charge on any atom is -0.479 e. The number of fused-ring (bicyclic) bond motifs is 2. The van der Waals surface area contributed by atoms with E-state index in [1.54, 1.807) is 44.2 Å². The van der Waals surface area contributed by atoms with Crippen LogP contribution >= 0.6 is 11.3 Å². The maximum atomic E-state index is 12.6. The van der Waals surface area contributed by atoms with Gasteiger partial charge in [-0.05, 0) is 37.3 Å². The van der Waals surface area contributed by atoms with Crippen molar-refractivity contribution in [1.82, 2.24) is 4.98 Å². The fourth-order valence-corrected chi connectivity index (χ4v) is 3.99. The second kappa shape index (κ2) is 8.11. The summed E-state index contributed by atoms with van der Waals surface area (Å²) in [6.45, 7) is 3.30. The molecule has 4 rings (SSSR count). The van der Waals surface area contributed by atoms with Crippen LogP contribution in [0.4, 0.5) is 16.5 Å². The Hall–Kier alpha value is -3.46. The van der Waals surface area contributed by atoms with Crippen LogP contribution in [0.5, 0.6) is 5.75 Å². The summed E-state index contributed by atoms with van der Waals surface area (Å²) in [6, 6.07) is 12.5. The smallest absolute Gasteiger partial charge is 0.268 e. The number of para-hydroxylation sites is 2. The van der Waals surface area contributed by atoms with Gasteiger partial charge >= 0.3 is 0 Å². The number of hydrogen-bond acceptors (Lipinski definition) is 6. The molecule has 1 aliphatic rings. The van der Waals surface area contributed by atoms with E-state index in [0.29, 0.717) is 34.2 Å². The van der Waals surface area contributed by atoms with Gasteiger partial charge < -0.3 is 15.4 Å². The minimum absolute atomic E-state index is 0.104. The minimum atomic E-state index is -0.657. The van der Waals surface area contributed by atoms with Gasteiger partial charge in [0.2, 0.25) is 11.8 Å². The maximum absolute atomic E-state index is 12.6. The monoisotopic (exact) mass is 424 g/mol. The molecular formula is C21H20N4O4S. The number of thiazole rings is 1. The number of hydrogen-bond donors (Lipinski definition) is 2. The third-order valence-electron chi connectivity index (χ3n) is 4.61. The predicted molar refractivity (Wildman–Crippen MR) is 116 cm³/mol. The number of anilines is 3. The first kappa shape index (κ1) is 19.8. The molecule has 8 nitrogen and oxygen atoms in total. The van der Waals surface area contributed by atoms with Gasteiger partial charge in [-0.2, -0.15) is 0 Å². The highest BCUT2D eigenvalue weighted by molar-refractivity contribution is 7.22. The number of ether oxygens (including phenoxy) is 1. The molecule has 0 saturated heterocycles. The van der Waals surface area contributed by atoms with E-state index in [1.165, 1.54) is 16.2 Å². The summed E-state index contributed by atoms with van der Waals surface area (Å²) >= 11 is 1.37. The van der Waals surface area contributed by atoms with E-state index in [9.17, 15) is 14.4 Å². The van der Waals surface area contributed by atoms with Gasteiger partial charge in [0, 0.05) is 12.1 Å². The van der Waals surface area contributed by atoms with E-state index in [1.807, 2.05) is 12.1 Å². The molecule has 1 aliphatic heterocycles. The topological polar surface area (TPSA) is 101 Å². The summed E-state index contributed by atoms with van der Waals surface area (Å²) in [4.78, 5) is 42.6. The Labute approximate surface area is 176 Å². The molecule has 0 spiro atoms. The standard InChI is InChI=1S/C21H20N4O4S/c1-3-18(26)24-21-23-14-10-13(8-9-17(14)30-21)22-19(27)11-25-15-6-4-5-7-16(15)29-12(2)20(25)28/h4-10,12H,3,11H2,1-2H3,(H,22,27)(H,23,24,26). The highest BCUT2D eigenvalue weighted by Gasteiger charge is 2.32. The van der Waals surface area contributed by atoms with E-state index in [4.69, 9.17) is 4.74 Å². The lowest BCUT2D eigenvalue weighted by atomic mass is 10.2. The van der Waals surface area contributed by atoms with Crippen LogP contribution in [-0.4, -0.2) is 35.4 Å². The summed E-state index contributed by atoms with van der Waals surface area (Å²) in [5.74, 6) is -0.133. The lowest BCUT2D eigenvalue weighted by Crippen LogP contribution is -2.47. The number of rotatable bonds is 5. The van der Waals surface area contributed by atoms with Gasteiger partial charge in [0.05, 0.1) is 15.9 Å². The van der Waals surface area contributed by atoms with Crippen molar-refractivity contribution >= 4 is 55.8 Å². The van der Waals surface area contributed by atoms with Gasteiger partial charge in [0.25, 0.3) is 5.91 Å². The van der Waals surface area contributed by atoms with E-state index >= 15 is 0 Å². The lowest BCUT2D eigenvalue weighted by molar-refractivity contribution is -0.127. The first-order valence-electron chi connectivity index (χ1n) is 9.52. The average molecular weight is 424 g/mol. The molecule has 154 valence electrons. The molecule has 1 aromatic heterocycles. The molecule has 1 unspecified atom stereocenters. The average Bonchev–Trinajstić information content (AvgIpc) is 3.12. The van der Waals surface area contributed by atoms with Crippen molar-refractivity contribution in [2.75, 3.05) is 22.1 Å². The number of aromatic nitrogens is 1. The van der Waals surface area contributed by atoms with Crippen LogP contribution in [0, 0.1) is 0 Å². The third kappa shape index (κ3) is 3.97. The van der Waals surface area contributed by atoms with Crippen molar-refractivity contribution in [3.8, 4) is 5.75 Å². The van der Waals surface area contributed by atoms with Gasteiger partial charge in [0.15, 0.2) is 11.2 Å². The molecule has 0 fully saturated rings. The molecule has 1 atom stereocenters. The molecule has 2 N–H and O–H groups in total. The molecule has 3 aromatic rings. The van der Waals surface area contributed by atoms with Gasteiger partial charge in [0.1, 0.15) is 12.3 Å². The second-order valence-electron chi connectivity index (χ2n) is 6.80. The van der Waals surface area contributed by atoms with Crippen LogP contribution in [0.1, 0.15) is 20.3 Å². The molecule has 2 aromatic carbocycles. The normalized spacial score (nSPS) is 15.5. The van der Waals surface area contributed by atoms with Crippen LogP contribution in [0.2, 0.25) is 0 Å². The number of carbonyl (C=O) groups is 3. The number of amides is 3. The van der Waals surface area contributed by atoms with Crippen LogP contribution in [0.25, 0.3) is 10.2 Å². The molecular weight excluding hydrogens is 404 g/mol. The van der Waals surface area contributed by atoms with Crippen molar-refractivity contribution in [2.45, 2.75) is 26.4 Å². The summed E-state index contributed by atoms with van der Waals surface area (Å²) in [5, 5.41) is 6.07. The molecule has 0 radical (unpaired) electrons. The maximum Gasteiger partial charge on any atom is 0.268 e. The van der Waals surface area contributed by atoms with Crippen LogP contribution in [-0.2, 0) is 14.4 Å². The fraction of sp³-hybridized carbons (Fsp3) is 0.238. The van der Waals surface area contributed by atoms with E-state index < -0.39 is 6.10 Å². The zero-order chi connectivity index (χ0) is 21.3. The lowest BCUT2D eigenvalue weighted by Gasteiger charge is -2.32. The molecule has 3 amide bonds. The summed E-state index contributed by atoms with van der Waals surface area (Å²) in [5.41, 5.74) is 1.81. The van der Waals surface area contributed by atoms with E-state index in [-0.39, 0.29) is 24.3 Å². The highest BCUT2D eigenvalue weighted by Crippen LogP contribution is 2.33. The number of benzene rings is 2.